The molecule has 1 aliphatic rings. The van der Waals surface area contributed by atoms with Gasteiger partial charge in [-0.3, -0.25) is 0 Å². The van der Waals surface area contributed by atoms with Crippen molar-refractivity contribution in [3.63, 3.8) is 0 Å². The zero-order valence-corrected chi connectivity index (χ0v) is 14.0. The second kappa shape index (κ2) is 6.43. The molecule has 0 amide bonds. The maximum Gasteiger partial charge on any atom is 0.0417 e. The van der Waals surface area contributed by atoms with Crippen LogP contribution in [0.25, 0.3) is 0 Å². The summed E-state index contributed by atoms with van der Waals surface area (Å²) in [7, 11) is 0. The number of rotatable bonds is 5. The van der Waals surface area contributed by atoms with Crippen molar-refractivity contribution in [3.8, 4) is 0 Å². The van der Waals surface area contributed by atoms with Gasteiger partial charge in [0.25, 0.3) is 0 Å². The molecule has 0 unspecified atom stereocenters. The summed E-state index contributed by atoms with van der Waals surface area (Å²) in [5.74, 6) is 0. The van der Waals surface area contributed by atoms with Crippen LogP contribution in [0.5, 0.6) is 0 Å². The summed E-state index contributed by atoms with van der Waals surface area (Å²) in [4.78, 5) is 2.56. The Hall–Kier alpha value is -0.960. The van der Waals surface area contributed by atoms with Crippen LogP contribution in [-0.2, 0) is 6.54 Å². The van der Waals surface area contributed by atoms with Gasteiger partial charge in [0.15, 0.2) is 0 Å². The molecule has 0 saturated heterocycles. The zero-order valence-electron chi connectivity index (χ0n) is 12.4. The Labute approximate surface area is 136 Å². The van der Waals surface area contributed by atoms with Crippen molar-refractivity contribution in [1.29, 1.82) is 0 Å². The molecule has 0 atom stereocenters. The molecule has 0 aromatic heterocycles. The van der Waals surface area contributed by atoms with Gasteiger partial charge in [-0.15, -0.1) is 0 Å². The van der Waals surface area contributed by atoms with E-state index in [1.54, 1.807) is 0 Å². The average Bonchev–Trinajstić information content (AvgIpc) is 3.26. The first kappa shape index (κ1) is 15.0. The summed E-state index contributed by atoms with van der Waals surface area (Å²) in [5, 5.41) is 4.39. The molecular weight excluding hydrogens is 298 g/mol. The lowest BCUT2D eigenvalue weighted by molar-refractivity contribution is 0.680. The lowest BCUT2D eigenvalue weighted by atomic mass is 10.2. The predicted molar refractivity (Wildman–Crippen MR) is 91.4 cm³/mol. The molecule has 1 fully saturated rings. The molecule has 0 heterocycles. The highest BCUT2D eigenvalue weighted by molar-refractivity contribution is 7.99. The van der Waals surface area contributed by atoms with E-state index in [9.17, 15) is 0 Å². The Kier molecular flexibility index (Phi) is 4.58. The standard InChI is InChI=1S/C18H20ClNS/c1-12-3-4-13(2)17(9-12)21-18-10-15(19)6-5-14(18)11-20-16-7-8-16/h3-6,9-10,16,20H,7-8,11H2,1-2H3. The van der Waals surface area contributed by atoms with Gasteiger partial charge >= 0.3 is 0 Å². The Balaban J connectivity index is 1.85. The van der Waals surface area contributed by atoms with Crippen LogP contribution in [0.3, 0.4) is 0 Å². The predicted octanol–water partition coefficient (Wildman–Crippen LogP) is 5.36. The van der Waals surface area contributed by atoms with Crippen molar-refractivity contribution in [2.45, 2.75) is 49.1 Å². The highest BCUT2D eigenvalue weighted by Crippen LogP contribution is 2.35. The molecule has 110 valence electrons. The Morgan fingerprint density at radius 3 is 2.67 bits per heavy atom. The second-order valence-electron chi connectivity index (χ2n) is 5.78. The molecular formula is C18H20ClNS. The third-order valence-corrected chi connectivity index (χ3v) is 5.25. The smallest absolute Gasteiger partial charge is 0.0417 e. The van der Waals surface area contributed by atoms with Crippen LogP contribution in [0.2, 0.25) is 5.02 Å². The molecule has 21 heavy (non-hydrogen) atoms. The van der Waals surface area contributed by atoms with Crippen LogP contribution in [-0.4, -0.2) is 6.04 Å². The van der Waals surface area contributed by atoms with Crippen molar-refractivity contribution in [2.24, 2.45) is 0 Å². The van der Waals surface area contributed by atoms with Gasteiger partial charge in [-0.25, -0.2) is 0 Å². The third kappa shape index (κ3) is 4.03. The van der Waals surface area contributed by atoms with Gasteiger partial charge in [-0.05, 0) is 61.6 Å². The molecule has 0 aliphatic heterocycles. The van der Waals surface area contributed by atoms with E-state index in [0.29, 0.717) is 0 Å². The van der Waals surface area contributed by atoms with E-state index >= 15 is 0 Å². The molecule has 0 radical (unpaired) electrons. The van der Waals surface area contributed by atoms with E-state index in [-0.39, 0.29) is 0 Å². The van der Waals surface area contributed by atoms with E-state index in [2.05, 4.69) is 49.5 Å². The van der Waals surface area contributed by atoms with Gasteiger partial charge in [0.2, 0.25) is 0 Å². The first-order valence-electron chi connectivity index (χ1n) is 7.39. The van der Waals surface area contributed by atoms with E-state index in [1.807, 2.05) is 17.8 Å². The zero-order chi connectivity index (χ0) is 14.8. The van der Waals surface area contributed by atoms with Gasteiger partial charge in [0.05, 0.1) is 0 Å². The Bertz CT molecular complexity index is 650. The van der Waals surface area contributed by atoms with Crippen molar-refractivity contribution >= 4 is 23.4 Å². The van der Waals surface area contributed by atoms with Gasteiger partial charge < -0.3 is 5.32 Å². The van der Waals surface area contributed by atoms with E-state index in [4.69, 9.17) is 11.6 Å². The molecule has 1 nitrogen and oxygen atoms in total. The van der Waals surface area contributed by atoms with E-state index < -0.39 is 0 Å². The summed E-state index contributed by atoms with van der Waals surface area (Å²) < 4.78 is 0. The SMILES string of the molecule is Cc1ccc(C)c(Sc2cc(Cl)ccc2CNC2CC2)c1. The van der Waals surface area contributed by atoms with Crippen molar-refractivity contribution in [2.75, 3.05) is 0 Å². The van der Waals surface area contributed by atoms with Crippen LogP contribution < -0.4 is 5.32 Å². The summed E-state index contributed by atoms with van der Waals surface area (Å²) in [6.07, 6.45) is 2.63. The lowest BCUT2D eigenvalue weighted by Crippen LogP contribution is -2.15. The molecule has 0 spiro atoms. The summed E-state index contributed by atoms with van der Waals surface area (Å²) in [6, 6.07) is 13.5. The average molecular weight is 318 g/mol. The highest BCUT2D eigenvalue weighted by Gasteiger charge is 2.20. The fourth-order valence-electron chi connectivity index (χ4n) is 2.25. The summed E-state index contributed by atoms with van der Waals surface area (Å²) in [5.41, 5.74) is 3.94. The monoisotopic (exact) mass is 317 g/mol. The number of aryl methyl sites for hydroxylation is 2. The molecule has 0 bridgehead atoms. The summed E-state index contributed by atoms with van der Waals surface area (Å²) >= 11 is 8.01. The van der Waals surface area contributed by atoms with Crippen LogP contribution in [0, 0.1) is 13.8 Å². The van der Waals surface area contributed by atoms with Crippen LogP contribution in [0.4, 0.5) is 0 Å². The van der Waals surface area contributed by atoms with Gasteiger partial charge in [0.1, 0.15) is 0 Å². The fourth-order valence-corrected chi connectivity index (χ4v) is 3.65. The molecule has 1 saturated carbocycles. The first-order valence-corrected chi connectivity index (χ1v) is 8.58. The fraction of sp³-hybridized carbons (Fsp3) is 0.333. The molecule has 3 heteroatoms. The maximum atomic E-state index is 6.20. The minimum absolute atomic E-state index is 0.722. The minimum Gasteiger partial charge on any atom is -0.310 e. The number of hydrogen-bond acceptors (Lipinski definition) is 2. The number of halogens is 1. The largest absolute Gasteiger partial charge is 0.310 e. The van der Waals surface area contributed by atoms with Crippen molar-refractivity contribution in [3.05, 3.63) is 58.1 Å². The number of nitrogens with one attached hydrogen (secondary N) is 1. The van der Waals surface area contributed by atoms with Crippen LogP contribution in [0.1, 0.15) is 29.5 Å². The maximum absolute atomic E-state index is 6.20. The second-order valence-corrected chi connectivity index (χ2v) is 7.30. The highest BCUT2D eigenvalue weighted by atomic mass is 35.5. The molecule has 2 aromatic carbocycles. The van der Waals surface area contributed by atoms with Gasteiger partial charge in [-0.1, -0.05) is 41.6 Å². The van der Waals surface area contributed by atoms with Crippen molar-refractivity contribution in [1.82, 2.24) is 5.32 Å². The van der Waals surface area contributed by atoms with E-state index in [0.717, 1.165) is 17.6 Å². The molecule has 2 aromatic rings. The van der Waals surface area contributed by atoms with Crippen LogP contribution in [0.15, 0.2) is 46.2 Å². The normalized spacial score (nSPS) is 14.4. The van der Waals surface area contributed by atoms with Gasteiger partial charge in [0, 0.05) is 27.4 Å². The topological polar surface area (TPSA) is 12.0 Å². The van der Waals surface area contributed by atoms with E-state index in [1.165, 1.54) is 39.3 Å². The van der Waals surface area contributed by atoms with Crippen molar-refractivity contribution < 1.29 is 0 Å². The number of benzene rings is 2. The Morgan fingerprint density at radius 2 is 1.90 bits per heavy atom. The third-order valence-electron chi connectivity index (χ3n) is 3.75. The first-order chi connectivity index (χ1) is 10.1. The lowest BCUT2D eigenvalue weighted by Gasteiger charge is -2.12. The quantitative estimate of drug-likeness (QED) is 0.796. The molecule has 1 N–H and O–H groups in total. The van der Waals surface area contributed by atoms with Crippen LogP contribution >= 0.6 is 23.4 Å². The molecule has 1 aliphatic carbocycles. The summed E-state index contributed by atoms with van der Waals surface area (Å²) in [6.45, 7) is 5.22. The molecule has 3 rings (SSSR count). The number of hydrogen-bond donors (Lipinski definition) is 1. The minimum atomic E-state index is 0.722. The van der Waals surface area contributed by atoms with Gasteiger partial charge in [-0.2, -0.15) is 0 Å². The Morgan fingerprint density at radius 1 is 1.10 bits per heavy atom.